The lowest BCUT2D eigenvalue weighted by atomic mass is 10.0. The van der Waals surface area contributed by atoms with Crippen molar-refractivity contribution in [1.29, 1.82) is 0 Å². The first-order chi connectivity index (χ1) is 18.6. The molecule has 2 aromatic carbocycles. The average Bonchev–Trinajstić information content (AvgIpc) is 2.96. The Morgan fingerprint density at radius 3 is 2.50 bits per heavy atom. The second kappa shape index (κ2) is 13.6. The number of carbonyl (C=O) groups is 3. The number of hydroxylamine groups is 1. The average molecular weight is 519 g/mol. The van der Waals surface area contributed by atoms with E-state index in [1.54, 1.807) is 42.7 Å². The molecule has 1 aliphatic heterocycles. The molecule has 0 saturated carbocycles. The minimum atomic E-state index is -0.879. The van der Waals surface area contributed by atoms with E-state index in [9.17, 15) is 14.4 Å². The van der Waals surface area contributed by atoms with Crippen molar-refractivity contribution in [3.05, 3.63) is 84.2 Å². The van der Waals surface area contributed by atoms with Gasteiger partial charge in [-0.1, -0.05) is 30.3 Å². The summed E-state index contributed by atoms with van der Waals surface area (Å²) in [6.07, 6.45) is 4.49. The zero-order chi connectivity index (χ0) is 26.6. The first-order valence-corrected chi connectivity index (χ1v) is 12.4. The number of hydrogen-bond donors (Lipinski definition) is 3. The van der Waals surface area contributed by atoms with E-state index in [0.29, 0.717) is 11.5 Å². The summed E-state index contributed by atoms with van der Waals surface area (Å²) >= 11 is 0. The predicted octanol–water partition coefficient (Wildman–Crippen LogP) is 3.06. The molecule has 3 aromatic rings. The highest BCUT2D eigenvalue weighted by atomic mass is 16.7. The molecule has 1 aliphatic rings. The van der Waals surface area contributed by atoms with E-state index in [-0.39, 0.29) is 31.5 Å². The molecule has 4 rings (SSSR count). The van der Waals surface area contributed by atoms with Crippen LogP contribution in [0.5, 0.6) is 0 Å². The molecule has 1 atom stereocenters. The van der Waals surface area contributed by atoms with Gasteiger partial charge in [0.25, 0.3) is 5.91 Å². The Balaban J connectivity index is 1.14. The normalized spacial score (nSPS) is 14.7. The smallest absolute Gasteiger partial charge is 0.441 e. The van der Waals surface area contributed by atoms with Crippen molar-refractivity contribution >= 4 is 29.6 Å². The maximum absolute atomic E-state index is 12.5. The molecule has 1 fully saturated rings. The lowest BCUT2D eigenvalue weighted by molar-refractivity contribution is -0.149. The number of amides is 2. The van der Waals surface area contributed by atoms with E-state index in [2.05, 4.69) is 30.3 Å². The van der Waals surface area contributed by atoms with Crippen LogP contribution < -0.4 is 21.0 Å². The van der Waals surface area contributed by atoms with Gasteiger partial charge in [0.1, 0.15) is 6.61 Å². The highest BCUT2D eigenvalue weighted by Gasteiger charge is 2.21. The maximum Gasteiger partial charge on any atom is 0.441 e. The summed E-state index contributed by atoms with van der Waals surface area (Å²) < 4.78 is 4.96. The van der Waals surface area contributed by atoms with Crippen LogP contribution >= 0.6 is 0 Å². The van der Waals surface area contributed by atoms with Crippen molar-refractivity contribution in [3.63, 3.8) is 0 Å². The molecule has 38 heavy (non-hydrogen) atoms. The van der Waals surface area contributed by atoms with Crippen LogP contribution in [0.15, 0.2) is 73.1 Å². The third kappa shape index (κ3) is 8.19. The Morgan fingerprint density at radius 2 is 1.74 bits per heavy atom. The SMILES string of the molecule is O=C(CCNC(=O)c1ccc(N2CCC[C@H](Nc3ncccn3)C2)cc1)ONC(=O)OCc1ccccc1. The first-order valence-electron chi connectivity index (χ1n) is 12.4. The van der Waals surface area contributed by atoms with Crippen molar-refractivity contribution in [2.24, 2.45) is 0 Å². The Hall–Kier alpha value is -4.67. The molecule has 0 bridgehead atoms. The van der Waals surface area contributed by atoms with Crippen LogP contribution in [0.4, 0.5) is 16.4 Å². The number of hydrogen-bond acceptors (Lipinski definition) is 9. The molecule has 3 N–H and O–H groups in total. The van der Waals surface area contributed by atoms with Gasteiger partial charge in [-0.2, -0.15) is 0 Å². The fourth-order valence-corrected chi connectivity index (χ4v) is 3.99. The minimum absolute atomic E-state index is 0.0525. The van der Waals surface area contributed by atoms with E-state index in [4.69, 9.17) is 4.74 Å². The van der Waals surface area contributed by atoms with E-state index in [1.807, 2.05) is 35.8 Å². The highest BCUT2D eigenvalue weighted by Crippen LogP contribution is 2.22. The van der Waals surface area contributed by atoms with Crippen LogP contribution in [0, 0.1) is 0 Å². The number of aromatic nitrogens is 2. The summed E-state index contributed by atoms with van der Waals surface area (Å²) in [6.45, 7) is 1.84. The third-order valence-electron chi connectivity index (χ3n) is 5.89. The lowest BCUT2D eigenvalue weighted by Gasteiger charge is -2.34. The number of nitrogens with one attached hydrogen (secondary N) is 3. The van der Waals surface area contributed by atoms with Gasteiger partial charge in [-0.05, 0) is 48.7 Å². The van der Waals surface area contributed by atoms with Gasteiger partial charge in [0, 0.05) is 49.3 Å². The topological polar surface area (TPSA) is 135 Å². The Labute approximate surface area is 220 Å². The Kier molecular flexibility index (Phi) is 9.44. The molecular weight excluding hydrogens is 488 g/mol. The predicted molar refractivity (Wildman–Crippen MR) is 140 cm³/mol. The van der Waals surface area contributed by atoms with Crippen molar-refractivity contribution in [1.82, 2.24) is 20.8 Å². The standard InChI is InChI=1S/C27H30N6O5/c34-24(38-32-27(36)37-19-20-6-2-1-3-7-20)13-16-28-25(35)21-9-11-23(12-10-21)33-17-4-8-22(18-33)31-26-29-14-5-15-30-26/h1-3,5-7,9-12,14-15,22H,4,8,13,16-19H2,(H,28,35)(H,32,36)(H,29,30,31)/t22-/m0/s1. The Morgan fingerprint density at radius 1 is 0.974 bits per heavy atom. The lowest BCUT2D eigenvalue weighted by Crippen LogP contribution is -2.42. The first kappa shape index (κ1) is 26.4. The van der Waals surface area contributed by atoms with E-state index >= 15 is 0 Å². The second-order valence-electron chi connectivity index (χ2n) is 8.69. The molecule has 2 amide bonds. The molecule has 0 aliphatic carbocycles. The largest absolute Gasteiger partial charge is 0.443 e. The van der Waals surface area contributed by atoms with Gasteiger partial charge in [-0.25, -0.2) is 19.6 Å². The van der Waals surface area contributed by atoms with Gasteiger partial charge in [0.15, 0.2) is 0 Å². The fraction of sp³-hybridized carbons (Fsp3) is 0.296. The number of nitrogens with zero attached hydrogens (tertiary/aromatic N) is 3. The van der Waals surface area contributed by atoms with E-state index < -0.39 is 12.1 Å². The van der Waals surface area contributed by atoms with Crippen molar-refractivity contribution in [2.45, 2.75) is 31.9 Å². The quantitative estimate of drug-likeness (QED) is 0.365. The number of ether oxygens (including phenoxy) is 1. The highest BCUT2D eigenvalue weighted by molar-refractivity contribution is 5.94. The summed E-state index contributed by atoms with van der Waals surface area (Å²) in [6, 6.07) is 18.5. The van der Waals surface area contributed by atoms with Gasteiger partial charge >= 0.3 is 12.1 Å². The zero-order valence-corrected chi connectivity index (χ0v) is 20.8. The molecule has 198 valence electrons. The number of rotatable bonds is 9. The molecular formula is C27H30N6O5. The van der Waals surface area contributed by atoms with Crippen molar-refractivity contribution < 1.29 is 24.0 Å². The van der Waals surface area contributed by atoms with E-state index in [0.717, 1.165) is 37.2 Å². The molecule has 2 heterocycles. The maximum atomic E-state index is 12.5. The fourth-order valence-electron chi connectivity index (χ4n) is 3.99. The number of carbonyl (C=O) groups excluding carboxylic acids is 3. The molecule has 0 unspecified atom stereocenters. The second-order valence-corrected chi connectivity index (χ2v) is 8.69. The summed E-state index contributed by atoms with van der Waals surface area (Å²) in [4.78, 5) is 51.3. The minimum Gasteiger partial charge on any atom is -0.443 e. The van der Waals surface area contributed by atoms with Crippen molar-refractivity contribution in [2.75, 3.05) is 29.9 Å². The van der Waals surface area contributed by atoms with Crippen LogP contribution in [0.1, 0.15) is 35.2 Å². The van der Waals surface area contributed by atoms with Crippen LogP contribution in [-0.4, -0.2) is 53.6 Å². The van der Waals surface area contributed by atoms with Crippen LogP contribution in [0.3, 0.4) is 0 Å². The number of benzene rings is 2. The molecule has 0 spiro atoms. The Bertz CT molecular complexity index is 1190. The summed E-state index contributed by atoms with van der Waals surface area (Å²) in [7, 11) is 0. The van der Waals surface area contributed by atoms with Crippen LogP contribution in [0.25, 0.3) is 0 Å². The van der Waals surface area contributed by atoms with Gasteiger partial charge in [0.2, 0.25) is 5.95 Å². The van der Waals surface area contributed by atoms with E-state index in [1.165, 1.54) is 0 Å². The number of piperidine rings is 1. The molecule has 11 heteroatoms. The third-order valence-corrected chi connectivity index (χ3v) is 5.89. The van der Waals surface area contributed by atoms with Gasteiger partial charge < -0.3 is 25.1 Å². The zero-order valence-electron chi connectivity index (χ0n) is 20.8. The molecule has 1 saturated heterocycles. The summed E-state index contributed by atoms with van der Waals surface area (Å²) in [5.41, 5.74) is 4.25. The summed E-state index contributed by atoms with van der Waals surface area (Å²) in [5.74, 6) is -0.389. The number of anilines is 2. The van der Waals surface area contributed by atoms with Crippen molar-refractivity contribution in [3.8, 4) is 0 Å². The van der Waals surface area contributed by atoms with Crippen LogP contribution in [0.2, 0.25) is 0 Å². The van der Waals surface area contributed by atoms with Gasteiger partial charge in [-0.15, -0.1) is 5.48 Å². The summed E-state index contributed by atoms with van der Waals surface area (Å²) in [5, 5.41) is 6.05. The molecule has 1 aromatic heterocycles. The van der Waals surface area contributed by atoms with Gasteiger partial charge in [0.05, 0.1) is 6.42 Å². The molecule has 0 radical (unpaired) electrons. The van der Waals surface area contributed by atoms with Crippen LogP contribution in [-0.2, 0) is 21.0 Å². The monoisotopic (exact) mass is 518 g/mol. The molecule has 11 nitrogen and oxygen atoms in total. The van der Waals surface area contributed by atoms with Gasteiger partial charge in [-0.3, -0.25) is 4.79 Å².